The van der Waals surface area contributed by atoms with Crippen LogP contribution in [0.5, 0.6) is 0 Å². The fraction of sp³-hybridized carbons (Fsp3) is 0.500. The van der Waals surface area contributed by atoms with Crippen LogP contribution in [0.2, 0.25) is 0 Å². The third-order valence-electron chi connectivity index (χ3n) is 3.99. The molecule has 0 spiro atoms. The normalized spacial score (nSPS) is 27.9. The van der Waals surface area contributed by atoms with Gasteiger partial charge in [0.05, 0.1) is 17.0 Å². The van der Waals surface area contributed by atoms with Crippen molar-refractivity contribution in [1.29, 1.82) is 0 Å². The van der Waals surface area contributed by atoms with E-state index < -0.39 is 11.7 Å². The van der Waals surface area contributed by atoms with E-state index in [-0.39, 0.29) is 0 Å². The lowest BCUT2D eigenvalue weighted by Gasteiger charge is -2.39. The number of fused-ring (bicyclic) bond motifs is 3. The van der Waals surface area contributed by atoms with Crippen LogP contribution in [0.3, 0.4) is 0 Å². The minimum Gasteiger partial charge on any atom is -0.298 e. The molecule has 6 heteroatoms. The van der Waals surface area contributed by atoms with Gasteiger partial charge in [-0.15, -0.1) is 0 Å². The zero-order valence-corrected chi connectivity index (χ0v) is 11.0. The van der Waals surface area contributed by atoms with E-state index in [4.69, 9.17) is 0 Å². The van der Waals surface area contributed by atoms with Crippen LogP contribution in [0.1, 0.15) is 18.4 Å². The molecule has 1 aromatic carbocycles. The number of rotatable bonds is 2. The third kappa shape index (κ3) is 2.80. The van der Waals surface area contributed by atoms with Crippen LogP contribution in [0.25, 0.3) is 0 Å². The van der Waals surface area contributed by atoms with Crippen molar-refractivity contribution in [3.8, 4) is 0 Å². The molecule has 0 radical (unpaired) electrons. The maximum atomic E-state index is 12.4. The van der Waals surface area contributed by atoms with Gasteiger partial charge in [-0.3, -0.25) is 10.3 Å². The molecule has 0 unspecified atom stereocenters. The van der Waals surface area contributed by atoms with Gasteiger partial charge in [-0.2, -0.15) is 18.3 Å². The van der Waals surface area contributed by atoms with Gasteiger partial charge in [0.2, 0.25) is 0 Å². The molecule has 3 nitrogen and oxygen atoms in total. The number of anilines is 1. The van der Waals surface area contributed by atoms with Crippen molar-refractivity contribution >= 4 is 11.4 Å². The van der Waals surface area contributed by atoms with E-state index >= 15 is 0 Å². The zero-order valence-electron chi connectivity index (χ0n) is 11.0. The first-order valence-electron chi connectivity index (χ1n) is 6.74. The largest absolute Gasteiger partial charge is 0.416 e. The molecule has 0 amide bonds. The SMILES string of the molecule is FC(F)(F)c1ccc(N/N=C2/CN3CCC2CC3)cc1. The molecule has 3 fully saturated rings. The van der Waals surface area contributed by atoms with Gasteiger partial charge >= 0.3 is 6.18 Å². The first-order valence-corrected chi connectivity index (χ1v) is 6.74. The van der Waals surface area contributed by atoms with Crippen molar-refractivity contribution in [2.24, 2.45) is 11.0 Å². The number of hydrazone groups is 1. The van der Waals surface area contributed by atoms with Crippen LogP contribution in [0.15, 0.2) is 29.4 Å². The first-order chi connectivity index (χ1) is 9.52. The number of hydrogen-bond donors (Lipinski definition) is 1. The van der Waals surface area contributed by atoms with Crippen LogP contribution in [-0.4, -0.2) is 30.2 Å². The van der Waals surface area contributed by atoms with Gasteiger partial charge in [0.25, 0.3) is 0 Å². The van der Waals surface area contributed by atoms with E-state index in [1.54, 1.807) is 0 Å². The summed E-state index contributed by atoms with van der Waals surface area (Å²) in [6.07, 6.45) is -2.03. The molecule has 108 valence electrons. The first kappa shape index (κ1) is 13.4. The van der Waals surface area contributed by atoms with Crippen molar-refractivity contribution in [3.63, 3.8) is 0 Å². The van der Waals surface area contributed by atoms with Crippen molar-refractivity contribution < 1.29 is 13.2 Å². The fourth-order valence-corrected chi connectivity index (χ4v) is 2.78. The number of nitrogens with zero attached hydrogens (tertiary/aromatic N) is 2. The number of nitrogens with one attached hydrogen (secondary N) is 1. The quantitative estimate of drug-likeness (QED) is 0.844. The summed E-state index contributed by atoms with van der Waals surface area (Å²) in [5.74, 6) is 0.530. The van der Waals surface area contributed by atoms with E-state index in [2.05, 4.69) is 15.4 Å². The average molecular weight is 283 g/mol. The molecular weight excluding hydrogens is 267 g/mol. The summed E-state index contributed by atoms with van der Waals surface area (Å²) in [5, 5.41) is 4.37. The second-order valence-corrected chi connectivity index (χ2v) is 5.34. The van der Waals surface area contributed by atoms with Gasteiger partial charge in [-0.25, -0.2) is 0 Å². The maximum Gasteiger partial charge on any atom is 0.416 e. The average Bonchev–Trinajstić information content (AvgIpc) is 2.46. The molecule has 4 rings (SSSR count). The van der Waals surface area contributed by atoms with E-state index in [1.165, 1.54) is 12.1 Å². The Kier molecular flexibility index (Phi) is 3.41. The highest BCUT2D eigenvalue weighted by Crippen LogP contribution is 2.30. The van der Waals surface area contributed by atoms with E-state index in [0.29, 0.717) is 11.6 Å². The summed E-state index contributed by atoms with van der Waals surface area (Å²) in [7, 11) is 0. The van der Waals surface area contributed by atoms with Crippen LogP contribution >= 0.6 is 0 Å². The second-order valence-electron chi connectivity index (χ2n) is 5.34. The van der Waals surface area contributed by atoms with Crippen LogP contribution in [0.4, 0.5) is 18.9 Å². The number of alkyl halides is 3. The minimum atomic E-state index is -4.29. The highest BCUT2D eigenvalue weighted by molar-refractivity contribution is 5.90. The summed E-state index contributed by atoms with van der Waals surface area (Å²) in [6, 6.07) is 4.96. The smallest absolute Gasteiger partial charge is 0.298 e. The molecule has 0 aromatic heterocycles. The third-order valence-corrected chi connectivity index (χ3v) is 3.99. The fourth-order valence-electron chi connectivity index (χ4n) is 2.78. The lowest BCUT2D eigenvalue weighted by molar-refractivity contribution is -0.137. The molecule has 2 bridgehead atoms. The summed E-state index contributed by atoms with van der Waals surface area (Å²) in [5.41, 5.74) is 3.93. The van der Waals surface area contributed by atoms with Crippen LogP contribution in [-0.2, 0) is 6.18 Å². The van der Waals surface area contributed by atoms with Gasteiger partial charge in [-0.05, 0) is 50.2 Å². The Morgan fingerprint density at radius 2 is 1.75 bits per heavy atom. The Hall–Kier alpha value is -1.56. The highest BCUT2D eigenvalue weighted by atomic mass is 19.4. The topological polar surface area (TPSA) is 27.6 Å². The lowest BCUT2D eigenvalue weighted by Crippen LogP contribution is -2.48. The zero-order chi connectivity index (χ0) is 14.2. The summed E-state index contributed by atoms with van der Waals surface area (Å²) >= 11 is 0. The Morgan fingerprint density at radius 1 is 1.10 bits per heavy atom. The predicted octanol–water partition coefficient (Wildman–Crippen LogP) is 3.20. The lowest BCUT2D eigenvalue weighted by atomic mass is 9.87. The van der Waals surface area contributed by atoms with Gasteiger partial charge in [0.1, 0.15) is 0 Å². The number of hydrogen-bond acceptors (Lipinski definition) is 3. The number of benzene rings is 1. The predicted molar refractivity (Wildman–Crippen MR) is 71.7 cm³/mol. The molecule has 1 aromatic rings. The molecule has 0 aliphatic carbocycles. The molecule has 3 saturated heterocycles. The number of halogens is 3. The molecule has 3 heterocycles. The monoisotopic (exact) mass is 283 g/mol. The Bertz CT molecular complexity index is 499. The van der Waals surface area contributed by atoms with Crippen molar-refractivity contribution in [2.45, 2.75) is 19.0 Å². The molecule has 3 aliphatic heterocycles. The van der Waals surface area contributed by atoms with Gasteiger partial charge in [0.15, 0.2) is 0 Å². The highest BCUT2D eigenvalue weighted by Gasteiger charge is 2.31. The van der Waals surface area contributed by atoms with Crippen molar-refractivity contribution in [3.05, 3.63) is 29.8 Å². The van der Waals surface area contributed by atoms with Crippen LogP contribution < -0.4 is 5.43 Å². The van der Waals surface area contributed by atoms with Gasteiger partial charge in [-0.1, -0.05) is 0 Å². The Labute approximate surface area is 115 Å². The minimum absolute atomic E-state index is 0.530. The Morgan fingerprint density at radius 3 is 2.25 bits per heavy atom. The summed E-state index contributed by atoms with van der Waals surface area (Å²) in [4.78, 5) is 2.35. The van der Waals surface area contributed by atoms with E-state index in [0.717, 1.165) is 50.3 Å². The molecule has 20 heavy (non-hydrogen) atoms. The molecular formula is C14H16F3N3. The molecule has 1 N–H and O–H groups in total. The van der Waals surface area contributed by atoms with Crippen molar-refractivity contribution in [2.75, 3.05) is 25.1 Å². The van der Waals surface area contributed by atoms with Crippen molar-refractivity contribution in [1.82, 2.24) is 4.90 Å². The Balaban J connectivity index is 1.66. The van der Waals surface area contributed by atoms with Gasteiger partial charge in [0, 0.05) is 12.5 Å². The molecule has 0 saturated carbocycles. The number of piperidine rings is 3. The van der Waals surface area contributed by atoms with Crippen LogP contribution in [0, 0.1) is 5.92 Å². The maximum absolute atomic E-state index is 12.4. The standard InChI is InChI=1S/C14H16F3N3/c15-14(16,17)11-1-3-12(4-2-11)18-19-13-9-20-7-5-10(13)6-8-20/h1-4,10,18H,5-9H2/b19-13-. The van der Waals surface area contributed by atoms with E-state index in [9.17, 15) is 13.2 Å². The van der Waals surface area contributed by atoms with Gasteiger partial charge < -0.3 is 0 Å². The van der Waals surface area contributed by atoms with E-state index in [1.807, 2.05) is 0 Å². The second kappa shape index (κ2) is 5.09. The summed E-state index contributed by atoms with van der Waals surface area (Å²) < 4.78 is 37.3. The molecule has 3 aliphatic rings. The summed E-state index contributed by atoms with van der Waals surface area (Å²) in [6.45, 7) is 3.13. The molecule has 0 atom stereocenters.